The van der Waals surface area contributed by atoms with Gasteiger partial charge in [-0.25, -0.2) is 4.57 Å². The van der Waals surface area contributed by atoms with E-state index in [2.05, 4.69) is 0 Å². The summed E-state index contributed by atoms with van der Waals surface area (Å²) in [4.78, 5) is 10.8. The molecular weight excluding hydrogens is 259 g/mol. The van der Waals surface area contributed by atoms with Gasteiger partial charge in [-0.3, -0.25) is 18.4 Å². The molecule has 6 nitrogen and oxygen atoms in total. The monoisotopic (exact) mass is 278 g/mol. The lowest BCUT2D eigenvalue weighted by Crippen LogP contribution is -2.16. The minimum atomic E-state index is -3.52. The van der Waals surface area contributed by atoms with Crippen LogP contribution in [0.25, 0.3) is 0 Å². The molecule has 7 heteroatoms. The van der Waals surface area contributed by atoms with E-state index in [-0.39, 0.29) is 25.3 Å². The summed E-state index contributed by atoms with van der Waals surface area (Å²) in [5.74, 6) is -0.358. The molecule has 0 aromatic carbocycles. The van der Waals surface area contributed by atoms with Crippen LogP contribution >= 0.6 is 7.82 Å². The van der Waals surface area contributed by atoms with Gasteiger partial charge in [-0.2, -0.15) is 0 Å². The molecule has 0 unspecified atom stereocenters. The first-order valence-electron chi connectivity index (χ1n) is 5.92. The van der Waals surface area contributed by atoms with Gasteiger partial charge in [0.15, 0.2) is 0 Å². The van der Waals surface area contributed by atoms with Crippen molar-refractivity contribution in [2.45, 2.75) is 39.4 Å². The summed E-state index contributed by atoms with van der Waals surface area (Å²) in [7, 11) is -3.52. The van der Waals surface area contributed by atoms with Crippen LogP contribution in [0.3, 0.4) is 0 Å². The molecule has 0 amide bonds. The third kappa shape index (κ3) is 4.90. The van der Waals surface area contributed by atoms with E-state index >= 15 is 0 Å². The first kappa shape index (κ1) is 15.4. The molecule has 0 radical (unpaired) electrons. The normalized spacial score (nSPS) is 23.3. The predicted molar refractivity (Wildman–Crippen MR) is 65.0 cm³/mol. The van der Waals surface area contributed by atoms with Crippen LogP contribution in [0.4, 0.5) is 0 Å². The molecule has 1 aliphatic rings. The van der Waals surface area contributed by atoms with Crippen LogP contribution in [0, 0.1) is 0 Å². The third-order valence-electron chi connectivity index (χ3n) is 2.16. The van der Waals surface area contributed by atoms with Gasteiger partial charge in [0, 0.05) is 13.3 Å². The second kappa shape index (κ2) is 7.04. The summed E-state index contributed by atoms with van der Waals surface area (Å²) >= 11 is 0. The Labute approximate surface area is 107 Å². The van der Waals surface area contributed by atoms with Crippen molar-refractivity contribution in [1.82, 2.24) is 0 Å². The number of phosphoric ester groups is 1. The number of rotatable bonds is 7. The number of hydrogen-bond acceptors (Lipinski definition) is 6. The zero-order valence-corrected chi connectivity index (χ0v) is 11.7. The van der Waals surface area contributed by atoms with E-state index in [4.69, 9.17) is 18.3 Å². The van der Waals surface area contributed by atoms with E-state index in [1.165, 1.54) is 6.92 Å². The average Bonchev–Trinajstić information content (AvgIpc) is 2.64. The highest BCUT2D eigenvalue weighted by Crippen LogP contribution is 2.51. The Morgan fingerprint density at radius 1 is 1.22 bits per heavy atom. The molecule has 0 aliphatic heterocycles. The Morgan fingerprint density at radius 3 is 2.28 bits per heavy atom. The van der Waals surface area contributed by atoms with Gasteiger partial charge in [-0.15, -0.1) is 0 Å². The number of ether oxygens (including phenoxy) is 1. The second-order valence-electron chi connectivity index (χ2n) is 3.70. The maximum Gasteiger partial charge on any atom is 0.475 e. The molecule has 0 heterocycles. The quantitative estimate of drug-likeness (QED) is 0.404. The highest BCUT2D eigenvalue weighted by molar-refractivity contribution is 7.48. The summed E-state index contributed by atoms with van der Waals surface area (Å²) < 4.78 is 32.4. The van der Waals surface area contributed by atoms with Crippen molar-refractivity contribution >= 4 is 13.8 Å². The molecule has 0 aromatic heterocycles. The molecule has 0 saturated heterocycles. The highest BCUT2D eigenvalue weighted by atomic mass is 31.2. The van der Waals surface area contributed by atoms with E-state index in [0.29, 0.717) is 6.42 Å². The molecule has 0 bridgehead atoms. The van der Waals surface area contributed by atoms with Crippen molar-refractivity contribution in [3.8, 4) is 0 Å². The standard InChI is InChI=1S/C11H19O6P/c1-4-14-18(13,15-5-2)17-11-7-6-10(8-11)16-9(3)12/h6-7,10-11H,4-5,8H2,1-3H3/t10-,11+/m0/s1. The van der Waals surface area contributed by atoms with Gasteiger partial charge >= 0.3 is 13.8 Å². The molecule has 0 aromatic rings. The van der Waals surface area contributed by atoms with E-state index < -0.39 is 13.9 Å². The SMILES string of the molecule is CCOP(=O)(OCC)O[C@@H]1C=C[C@H](OC(C)=O)C1. The van der Waals surface area contributed by atoms with Crippen LogP contribution < -0.4 is 0 Å². The molecule has 104 valence electrons. The van der Waals surface area contributed by atoms with E-state index in [0.717, 1.165) is 0 Å². The minimum Gasteiger partial charge on any atom is -0.458 e. The average molecular weight is 278 g/mol. The topological polar surface area (TPSA) is 71.1 Å². The number of carbonyl (C=O) groups is 1. The summed E-state index contributed by atoms with van der Waals surface area (Å²) in [5, 5.41) is 0. The van der Waals surface area contributed by atoms with Crippen molar-refractivity contribution in [3.63, 3.8) is 0 Å². The van der Waals surface area contributed by atoms with Gasteiger partial charge in [-0.1, -0.05) is 6.08 Å². The highest BCUT2D eigenvalue weighted by Gasteiger charge is 2.32. The van der Waals surface area contributed by atoms with Gasteiger partial charge in [0.2, 0.25) is 0 Å². The van der Waals surface area contributed by atoms with Gasteiger partial charge in [-0.05, 0) is 19.9 Å². The van der Waals surface area contributed by atoms with Crippen molar-refractivity contribution in [2.75, 3.05) is 13.2 Å². The van der Waals surface area contributed by atoms with Crippen LogP contribution in [0.15, 0.2) is 12.2 Å². The molecular formula is C11H19O6P. The number of phosphoric acid groups is 1. The number of carbonyl (C=O) groups excluding carboxylic acids is 1. The fourth-order valence-electron chi connectivity index (χ4n) is 1.59. The van der Waals surface area contributed by atoms with Gasteiger partial charge in [0.1, 0.15) is 6.10 Å². The van der Waals surface area contributed by atoms with Crippen molar-refractivity contribution in [1.29, 1.82) is 0 Å². The number of esters is 1. The fraction of sp³-hybridized carbons (Fsp3) is 0.727. The predicted octanol–water partition coefficient (Wildman–Crippen LogP) is 2.44. The molecule has 0 saturated carbocycles. The molecule has 0 fully saturated rings. The lowest BCUT2D eigenvalue weighted by Gasteiger charge is -2.20. The largest absolute Gasteiger partial charge is 0.475 e. The Kier molecular flexibility index (Phi) is 6.02. The van der Waals surface area contributed by atoms with Crippen LogP contribution in [-0.2, 0) is 27.7 Å². The van der Waals surface area contributed by atoms with E-state index in [9.17, 15) is 9.36 Å². The molecule has 1 aliphatic carbocycles. The summed E-state index contributed by atoms with van der Waals surface area (Å²) in [6.07, 6.45) is 3.04. The van der Waals surface area contributed by atoms with Crippen molar-refractivity contribution < 1.29 is 27.7 Å². The molecule has 0 N–H and O–H groups in total. The van der Waals surface area contributed by atoms with Gasteiger partial charge in [0.05, 0.1) is 19.3 Å². The Bertz CT molecular complexity index is 343. The zero-order chi connectivity index (χ0) is 13.6. The fourth-order valence-corrected chi connectivity index (χ4v) is 2.91. The Balaban J connectivity index is 2.50. The van der Waals surface area contributed by atoms with E-state index in [1.54, 1.807) is 26.0 Å². The second-order valence-corrected chi connectivity index (χ2v) is 5.32. The van der Waals surface area contributed by atoms with E-state index in [1.807, 2.05) is 0 Å². The van der Waals surface area contributed by atoms with Crippen LogP contribution in [0.2, 0.25) is 0 Å². The van der Waals surface area contributed by atoms with Crippen molar-refractivity contribution in [3.05, 3.63) is 12.2 Å². The first-order chi connectivity index (χ1) is 8.49. The summed E-state index contributed by atoms with van der Waals surface area (Å²) in [6.45, 7) is 5.23. The minimum absolute atomic E-state index is 0.237. The third-order valence-corrected chi connectivity index (χ3v) is 3.84. The summed E-state index contributed by atoms with van der Waals surface area (Å²) in [6, 6.07) is 0. The van der Waals surface area contributed by atoms with Crippen LogP contribution in [0.1, 0.15) is 27.2 Å². The smallest absolute Gasteiger partial charge is 0.458 e. The molecule has 18 heavy (non-hydrogen) atoms. The molecule has 2 atom stereocenters. The van der Waals surface area contributed by atoms with Crippen LogP contribution in [0.5, 0.6) is 0 Å². The van der Waals surface area contributed by atoms with Crippen LogP contribution in [-0.4, -0.2) is 31.4 Å². The lowest BCUT2D eigenvalue weighted by atomic mass is 10.3. The van der Waals surface area contributed by atoms with Crippen molar-refractivity contribution in [2.24, 2.45) is 0 Å². The Hall–Kier alpha value is -0.680. The molecule has 0 spiro atoms. The van der Waals surface area contributed by atoms with Gasteiger partial charge in [0.25, 0.3) is 0 Å². The van der Waals surface area contributed by atoms with Gasteiger partial charge < -0.3 is 4.74 Å². The number of hydrogen-bond donors (Lipinski definition) is 0. The maximum atomic E-state index is 12.1. The molecule has 1 rings (SSSR count). The Morgan fingerprint density at radius 2 is 1.78 bits per heavy atom. The maximum absolute atomic E-state index is 12.1. The zero-order valence-electron chi connectivity index (χ0n) is 10.8. The lowest BCUT2D eigenvalue weighted by molar-refractivity contribution is -0.144. The first-order valence-corrected chi connectivity index (χ1v) is 7.38. The summed E-state index contributed by atoms with van der Waals surface area (Å²) in [5.41, 5.74) is 0.